The van der Waals surface area contributed by atoms with Crippen molar-refractivity contribution in [2.45, 2.75) is 57.6 Å². The van der Waals surface area contributed by atoms with Crippen molar-refractivity contribution in [3.05, 3.63) is 24.3 Å². The third kappa shape index (κ3) is 4.14. The summed E-state index contributed by atoms with van der Waals surface area (Å²) < 4.78 is 11.5. The van der Waals surface area contributed by atoms with E-state index in [1.165, 1.54) is 6.42 Å². The first kappa shape index (κ1) is 15.2. The monoisotopic (exact) mass is 277 g/mol. The second-order valence-electron chi connectivity index (χ2n) is 6.74. The zero-order valence-electron chi connectivity index (χ0n) is 13.2. The molecule has 1 N–H and O–H groups in total. The van der Waals surface area contributed by atoms with Gasteiger partial charge in [-0.15, -0.1) is 0 Å². The van der Waals surface area contributed by atoms with Gasteiger partial charge in [0.1, 0.15) is 17.1 Å². The van der Waals surface area contributed by atoms with Crippen LogP contribution in [0.3, 0.4) is 0 Å². The van der Waals surface area contributed by atoms with Crippen LogP contribution in [0.2, 0.25) is 0 Å². The summed E-state index contributed by atoms with van der Waals surface area (Å²) in [5.74, 6) is 1.77. The van der Waals surface area contributed by atoms with Crippen molar-refractivity contribution in [2.75, 3.05) is 13.7 Å². The van der Waals surface area contributed by atoms with Crippen molar-refractivity contribution < 1.29 is 9.47 Å². The van der Waals surface area contributed by atoms with Crippen LogP contribution >= 0.6 is 0 Å². The Balaban J connectivity index is 1.93. The van der Waals surface area contributed by atoms with Crippen molar-refractivity contribution in [1.29, 1.82) is 0 Å². The summed E-state index contributed by atoms with van der Waals surface area (Å²) in [6.07, 6.45) is 4.62. The van der Waals surface area contributed by atoms with Gasteiger partial charge in [-0.05, 0) is 65.1 Å². The van der Waals surface area contributed by atoms with Gasteiger partial charge >= 0.3 is 0 Å². The van der Waals surface area contributed by atoms with Gasteiger partial charge in [0.15, 0.2) is 0 Å². The van der Waals surface area contributed by atoms with Crippen LogP contribution in [0.4, 0.5) is 0 Å². The van der Waals surface area contributed by atoms with E-state index in [9.17, 15) is 0 Å². The summed E-state index contributed by atoms with van der Waals surface area (Å²) in [7, 11) is 1.69. The van der Waals surface area contributed by atoms with Crippen LogP contribution in [0.25, 0.3) is 0 Å². The largest absolute Gasteiger partial charge is 0.497 e. The molecule has 0 spiro atoms. The van der Waals surface area contributed by atoms with Gasteiger partial charge in [0.25, 0.3) is 0 Å². The fourth-order valence-corrected chi connectivity index (χ4v) is 2.55. The molecule has 20 heavy (non-hydrogen) atoms. The Hall–Kier alpha value is -1.22. The minimum Gasteiger partial charge on any atom is -0.497 e. The number of rotatable bonds is 6. The molecule has 1 saturated carbocycles. The van der Waals surface area contributed by atoms with Crippen LogP contribution in [-0.4, -0.2) is 24.8 Å². The number of methoxy groups -OCH3 is 1. The predicted molar refractivity (Wildman–Crippen MR) is 82.6 cm³/mol. The lowest BCUT2D eigenvalue weighted by Crippen LogP contribution is -2.47. The van der Waals surface area contributed by atoms with E-state index in [2.05, 4.69) is 26.1 Å². The molecule has 1 aliphatic rings. The first-order valence-corrected chi connectivity index (χ1v) is 7.51. The smallest absolute Gasteiger partial charge is 0.123 e. The molecule has 0 amide bonds. The Labute approximate surface area is 122 Å². The SMILES string of the molecule is COc1cccc(OC2(CCNC(C)(C)C)CCC2)c1. The molecule has 3 heteroatoms. The summed E-state index contributed by atoms with van der Waals surface area (Å²) in [5.41, 5.74) is 0.186. The lowest BCUT2D eigenvalue weighted by atomic mass is 9.77. The van der Waals surface area contributed by atoms with Crippen LogP contribution in [0.5, 0.6) is 11.5 Å². The van der Waals surface area contributed by atoms with E-state index >= 15 is 0 Å². The molecule has 2 rings (SSSR count). The molecule has 0 saturated heterocycles. The van der Waals surface area contributed by atoms with E-state index in [1.807, 2.05) is 24.3 Å². The highest BCUT2D eigenvalue weighted by molar-refractivity contribution is 5.33. The highest BCUT2D eigenvalue weighted by atomic mass is 16.5. The molecule has 0 bridgehead atoms. The summed E-state index contributed by atoms with van der Waals surface area (Å²) >= 11 is 0. The van der Waals surface area contributed by atoms with Gasteiger partial charge in [-0.1, -0.05) is 6.07 Å². The van der Waals surface area contributed by atoms with Gasteiger partial charge in [-0.3, -0.25) is 0 Å². The van der Waals surface area contributed by atoms with Crippen LogP contribution in [0.15, 0.2) is 24.3 Å². The van der Waals surface area contributed by atoms with Crippen molar-refractivity contribution >= 4 is 0 Å². The van der Waals surface area contributed by atoms with Crippen LogP contribution < -0.4 is 14.8 Å². The molecule has 3 nitrogen and oxygen atoms in total. The number of benzene rings is 1. The zero-order chi connectivity index (χ0) is 14.6. The number of hydrogen-bond donors (Lipinski definition) is 1. The lowest BCUT2D eigenvalue weighted by Gasteiger charge is -2.42. The van der Waals surface area contributed by atoms with E-state index in [0.29, 0.717) is 0 Å². The third-order valence-electron chi connectivity index (χ3n) is 3.88. The summed E-state index contributed by atoms with van der Waals surface area (Å²) in [6.45, 7) is 7.59. The van der Waals surface area contributed by atoms with Gasteiger partial charge in [0.05, 0.1) is 7.11 Å². The molecule has 1 aromatic rings. The molecule has 1 aromatic carbocycles. The van der Waals surface area contributed by atoms with Crippen molar-refractivity contribution in [2.24, 2.45) is 0 Å². The molecule has 0 radical (unpaired) electrons. The van der Waals surface area contributed by atoms with Crippen molar-refractivity contribution in [3.8, 4) is 11.5 Å². The van der Waals surface area contributed by atoms with Crippen LogP contribution in [0.1, 0.15) is 46.5 Å². The second-order valence-corrected chi connectivity index (χ2v) is 6.74. The fourth-order valence-electron chi connectivity index (χ4n) is 2.55. The minimum atomic E-state index is 0.0185. The van der Waals surface area contributed by atoms with E-state index in [4.69, 9.17) is 9.47 Å². The standard InChI is InChI=1S/C17H27NO2/c1-16(2,3)18-12-11-17(9-6-10-17)20-15-8-5-7-14(13-15)19-4/h5,7-8,13,18H,6,9-12H2,1-4H3. The Kier molecular flexibility index (Phi) is 4.59. The quantitative estimate of drug-likeness (QED) is 0.858. The topological polar surface area (TPSA) is 30.5 Å². The number of hydrogen-bond acceptors (Lipinski definition) is 3. The highest BCUT2D eigenvalue weighted by Gasteiger charge is 2.39. The molecular weight excluding hydrogens is 250 g/mol. The molecule has 112 valence electrons. The molecule has 0 aromatic heterocycles. The van der Waals surface area contributed by atoms with E-state index in [0.717, 1.165) is 37.3 Å². The molecule has 0 aliphatic heterocycles. The number of ether oxygens (including phenoxy) is 2. The molecular formula is C17H27NO2. The van der Waals surface area contributed by atoms with Gasteiger partial charge in [0, 0.05) is 11.6 Å². The summed E-state index contributed by atoms with van der Waals surface area (Å²) in [5, 5.41) is 3.55. The molecule has 1 aliphatic carbocycles. The second kappa shape index (κ2) is 6.04. The maximum absolute atomic E-state index is 6.28. The Morgan fingerprint density at radius 3 is 2.45 bits per heavy atom. The highest BCUT2D eigenvalue weighted by Crippen LogP contribution is 2.39. The van der Waals surface area contributed by atoms with Gasteiger partial charge < -0.3 is 14.8 Å². The van der Waals surface area contributed by atoms with E-state index in [1.54, 1.807) is 7.11 Å². The maximum atomic E-state index is 6.28. The third-order valence-corrected chi connectivity index (χ3v) is 3.88. The summed E-state index contributed by atoms with van der Waals surface area (Å²) in [4.78, 5) is 0. The maximum Gasteiger partial charge on any atom is 0.123 e. The lowest BCUT2D eigenvalue weighted by molar-refractivity contribution is -0.0153. The molecule has 1 fully saturated rings. The molecule has 0 heterocycles. The Morgan fingerprint density at radius 2 is 1.90 bits per heavy atom. The average molecular weight is 277 g/mol. The van der Waals surface area contributed by atoms with Gasteiger partial charge in [-0.25, -0.2) is 0 Å². The van der Waals surface area contributed by atoms with E-state index in [-0.39, 0.29) is 11.1 Å². The fraction of sp³-hybridized carbons (Fsp3) is 0.647. The van der Waals surface area contributed by atoms with Crippen LogP contribution in [-0.2, 0) is 0 Å². The van der Waals surface area contributed by atoms with Crippen molar-refractivity contribution in [1.82, 2.24) is 5.32 Å². The normalized spacial score (nSPS) is 17.4. The molecule has 0 atom stereocenters. The van der Waals surface area contributed by atoms with E-state index < -0.39 is 0 Å². The van der Waals surface area contributed by atoms with Crippen LogP contribution in [0, 0.1) is 0 Å². The first-order chi connectivity index (χ1) is 9.42. The predicted octanol–water partition coefficient (Wildman–Crippen LogP) is 3.77. The van der Waals surface area contributed by atoms with Gasteiger partial charge in [-0.2, -0.15) is 0 Å². The minimum absolute atomic E-state index is 0.0185. The molecule has 0 unspecified atom stereocenters. The number of nitrogens with one attached hydrogen (secondary N) is 1. The van der Waals surface area contributed by atoms with Gasteiger partial charge in [0.2, 0.25) is 0 Å². The average Bonchev–Trinajstić information content (AvgIpc) is 2.34. The first-order valence-electron chi connectivity index (χ1n) is 7.51. The van der Waals surface area contributed by atoms with Crippen molar-refractivity contribution in [3.63, 3.8) is 0 Å². The Bertz CT molecular complexity index is 433. The Morgan fingerprint density at radius 1 is 1.20 bits per heavy atom. The summed E-state index contributed by atoms with van der Waals surface area (Å²) in [6, 6.07) is 7.91. The zero-order valence-corrected chi connectivity index (χ0v) is 13.2.